The summed E-state index contributed by atoms with van der Waals surface area (Å²) in [4.78, 5) is 25.4. The summed E-state index contributed by atoms with van der Waals surface area (Å²) in [7, 11) is 3.61. The number of aryl methyl sites for hydroxylation is 1. The average molecular weight is 266 g/mol. The Kier molecular flexibility index (Phi) is 3.84. The molecule has 0 aromatic carbocycles. The molecule has 0 atom stereocenters. The van der Waals surface area contributed by atoms with E-state index < -0.39 is 5.97 Å². The molecule has 1 amide bonds. The number of aromatic nitrogens is 2. The Balaban J connectivity index is 2.08. The Labute approximate surface area is 111 Å². The number of carbonyl (C=O) groups excluding carboxylic acids is 1. The Bertz CT molecular complexity index is 489. The fourth-order valence-corrected chi connectivity index (χ4v) is 2.27. The molecule has 0 spiro atoms. The highest BCUT2D eigenvalue weighted by Crippen LogP contribution is 2.12. The van der Waals surface area contributed by atoms with Crippen molar-refractivity contribution in [3.63, 3.8) is 0 Å². The summed E-state index contributed by atoms with van der Waals surface area (Å²) < 4.78 is 1.30. The van der Waals surface area contributed by atoms with Gasteiger partial charge in [0.2, 0.25) is 0 Å². The number of hydrogen-bond acceptors (Lipinski definition) is 4. The minimum atomic E-state index is -1.14. The lowest BCUT2D eigenvalue weighted by Gasteiger charge is -2.29. The smallest absolute Gasteiger partial charge is 0.339 e. The SMILES string of the molecule is CN1CCC(NC(=O)c2c(C(=O)O)cnn2C)CC1. The largest absolute Gasteiger partial charge is 0.478 e. The molecule has 2 rings (SSSR count). The van der Waals surface area contributed by atoms with E-state index in [-0.39, 0.29) is 23.2 Å². The van der Waals surface area contributed by atoms with Crippen LogP contribution < -0.4 is 5.32 Å². The third-order valence-corrected chi connectivity index (χ3v) is 3.44. The van der Waals surface area contributed by atoms with Crippen LogP contribution in [0.5, 0.6) is 0 Å². The van der Waals surface area contributed by atoms with Crippen LogP contribution in [-0.4, -0.2) is 57.8 Å². The van der Waals surface area contributed by atoms with Crippen LogP contribution in [0.4, 0.5) is 0 Å². The molecule has 7 nitrogen and oxygen atoms in total. The summed E-state index contributed by atoms with van der Waals surface area (Å²) in [5.41, 5.74) is 0.0411. The van der Waals surface area contributed by atoms with Gasteiger partial charge >= 0.3 is 5.97 Å². The molecule has 0 unspecified atom stereocenters. The van der Waals surface area contributed by atoms with E-state index in [2.05, 4.69) is 15.3 Å². The van der Waals surface area contributed by atoms with Crippen LogP contribution in [-0.2, 0) is 7.05 Å². The summed E-state index contributed by atoms with van der Waals surface area (Å²) in [6, 6.07) is 0.0974. The third-order valence-electron chi connectivity index (χ3n) is 3.44. The number of amides is 1. The van der Waals surface area contributed by atoms with Gasteiger partial charge in [-0.05, 0) is 33.0 Å². The van der Waals surface area contributed by atoms with Crippen molar-refractivity contribution in [3.05, 3.63) is 17.5 Å². The first kappa shape index (κ1) is 13.5. The van der Waals surface area contributed by atoms with Crippen molar-refractivity contribution in [2.45, 2.75) is 18.9 Å². The lowest BCUT2D eigenvalue weighted by Crippen LogP contribution is -2.44. The van der Waals surface area contributed by atoms with E-state index in [0.717, 1.165) is 25.9 Å². The van der Waals surface area contributed by atoms with E-state index in [1.807, 2.05) is 7.05 Å². The van der Waals surface area contributed by atoms with Crippen molar-refractivity contribution in [2.75, 3.05) is 20.1 Å². The van der Waals surface area contributed by atoms with Gasteiger partial charge in [-0.15, -0.1) is 0 Å². The molecule has 1 fully saturated rings. The highest BCUT2D eigenvalue weighted by Gasteiger charge is 2.25. The number of aromatic carboxylic acids is 1. The van der Waals surface area contributed by atoms with Crippen molar-refractivity contribution in [1.29, 1.82) is 0 Å². The van der Waals surface area contributed by atoms with Crippen molar-refractivity contribution in [1.82, 2.24) is 20.0 Å². The summed E-state index contributed by atoms with van der Waals surface area (Å²) in [5.74, 6) is -1.51. The topological polar surface area (TPSA) is 87.5 Å². The molecule has 0 saturated carbocycles. The average Bonchev–Trinajstić information content (AvgIpc) is 2.74. The van der Waals surface area contributed by atoms with Crippen molar-refractivity contribution < 1.29 is 14.7 Å². The number of carboxylic acids is 1. The molecule has 1 saturated heterocycles. The normalized spacial score (nSPS) is 17.4. The lowest BCUT2D eigenvalue weighted by atomic mass is 10.1. The molecule has 1 aromatic rings. The molecule has 1 aromatic heterocycles. The van der Waals surface area contributed by atoms with Crippen LogP contribution in [0.25, 0.3) is 0 Å². The van der Waals surface area contributed by atoms with E-state index >= 15 is 0 Å². The molecule has 7 heteroatoms. The molecular weight excluding hydrogens is 248 g/mol. The molecule has 0 bridgehead atoms. The van der Waals surface area contributed by atoms with Crippen LogP contribution in [0, 0.1) is 0 Å². The second kappa shape index (κ2) is 5.40. The van der Waals surface area contributed by atoms with Crippen molar-refractivity contribution >= 4 is 11.9 Å². The molecule has 2 heterocycles. The summed E-state index contributed by atoms with van der Waals surface area (Å²) in [6.07, 6.45) is 2.96. The summed E-state index contributed by atoms with van der Waals surface area (Å²) in [6.45, 7) is 1.87. The minimum Gasteiger partial charge on any atom is -0.478 e. The Morgan fingerprint density at radius 1 is 1.37 bits per heavy atom. The first-order valence-electron chi connectivity index (χ1n) is 6.23. The fraction of sp³-hybridized carbons (Fsp3) is 0.583. The van der Waals surface area contributed by atoms with Gasteiger partial charge in [-0.25, -0.2) is 4.79 Å². The zero-order valence-electron chi connectivity index (χ0n) is 11.1. The van der Waals surface area contributed by atoms with E-state index in [4.69, 9.17) is 5.11 Å². The van der Waals surface area contributed by atoms with Crippen molar-refractivity contribution in [3.8, 4) is 0 Å². The second-order valence-electron chi connectivity index (χ2n) is 4.89. The number of rotatable bonds is 3. The Morgan fingerprint density at radius 2 is 2.00 bits per heavy atom. The molecule has 2 N–H and O–H groups in total. The first-order chi connectivity index (χ1) is 8.99. The standard InChI is InChI=1S/C12H18N4O3/c1-15-5-3-8(4-6-15)14-11(17)10-9(12(18)19)7-13-16(10)2/h7-8H,3-6H2,1-2H3,(H,14,17)(H,18,19). The van der Waals surface area contributed by atoms with Gasteiger partial charge in [0.25, 0.3) is 5.91 Å². The van der Waals surface area contributed by atoms with E-state index in [1.54, 1.807) is 7.05 Å². The molecule has 19 heavy (non-hydrogen) atoms. The summed E-state index contributed by atoms with van der Waals surface area (Å²) in [5, 5.41) is 15.7. The maximum absolute atomic E-state index is 12.2. The van der Waals surface area contributed by atoms with Gasteiger partial charge in [-0.3, -0.25) is 9.48 Å². The molecule has 104 valence electrons. The number of carbonyl (C=O) groups is 2. The molecule has 0 radical (unpaired) electrons. The number of carboxylic acid groups (broad SMARTS) is 1. The van der Waals surface area contributed by atoms with E-state index in [0.29, 0.717) is 0 Å². The van der Waals surface area contributed by atoms with E-state index in [9.17, 15) is 9.59 Å². The van der Waals surface area contributed by atoms with Crippen LogP contribution in [0.3, 0.4) is 0 Å². The van der Waals surface area contributed by atoms with Gasteiger partial charge in [-0.1, -0.05) is 0 Å². The van der Waals surface area contributed by atoms with Gasteiger partial charge in [0.15, 0.2) is 0 Å². The molecular formula is C12H18N4O3. The predicted molar refractivity (Wildman–Crippen MR) is 68.2 cm³/mol. The number of likely N-dealkylation sites (tertiary alicyclic amines) is 1. The predicted octanol–water partition coefficient (Wildman–Crippen LogP) is -0.0577. The van der Waals surface area contributed by atoms with Gasteiger partial charge in [0, 0.05) is 13.1 Å². The Hall–Kier alpha value is -1.89. The van der Waals surface area contributed by atoms with Gasteiger partial charge < -0.3 is 15.3 Å². The number of hydrogen-bond donors (Lipinski definition) is 2. The number of nitrogens with zero attached hydrogens (tertiary/aromatic N) is 3. The third kappa shape index (κ3) is 2.93. The minimum absolute atomic E-state index is 0.0621. The maximum atomic E-state index is 12.2. The monoisotopic (exact) mass is 266 g/mol. The molecule has 0 aliphatic carbocycles. The van der Waals surface area contributed by atoms with Gasteiger partial charge in [0.1, 0.15) is 11.3 Å². The van der Waals surface area contributed by atoms with Crippen LogP contribution in [0.2, 0.25) is 0 Å². The van der Waals surface area contributed by atoms with Gasteiger partial charge in [0.05, 0.1) is 6.20 Å². The Morgan fingerprint density at radius 3 is 2.58 bits per heavy atom. The molecule has 1 aliphatic rings. The highest BCUT2D eigenvalue weighted by molar-refractivity contribution is 6.03. The van der Waals surface area contributed by atoms with Crippen LogP contribution >= 0.6 is 0 Å². The quantitative estimate of drug-likeness (QED) is 0.800. The summed E-state index contributed by atoms with van der Waals surface area (Å²) >= 11 is 0. The molecule has 1 aliphatic heterocycles. The lowest BCUT2D eigenvalue weighted by molar-refractivity contribution is 0.0689. The van der Waals surface area contributed by atoms with Crippen LogP contribution in [0.1, 0.15) is 33.7 Å². The zero-order chi connectivity index (χ0) is 14.0. The zero-order valence-corrected chi connectivity index (χ0v) is 11.1. The maximum Gasteiger partial charge on any atom is 0.339 e. The van der Waals surface area contributed by atoms with Gasteiger partial charge in [-0.2, -0.15) is 5.10 Å². The van der Waals surface area contributed by atoms with E-state index in [1.165, 1.54) is 10.9 Å². The highest BCUT2D eigenvalue weighted by atomic mass is 16.4. The second-order valence-corrected chi connectivity index (χ2v) is 4.89. The number of piperidine rings is 1. The van der Waals surface area contributed by atoms with Crippen molar-refractivity contribution in [2.24, 2.45) is 7.05 Å². The van der Waals surface area contributed by atoms with Crippen LogP contribution in [0.15, 0.2) is 6.20 Å². The number of nitrogens with one attached hydrogen (secondary N) is 1. The first-order valence-corrected chi connectivity index (χ1v) is 6.23. The fourth-order valence-electron chi connectivity index (χ4n) is 2.27.